The molecule has 3 N–H and O–H groups in total. The zero-order valence-corrected chi connectivity index (χ0v) is 22.0. The van der Waals surface area contributed by atoms with E-state index in [0.717, 1.165) is 57.2 Å². The highest BCUT2D eigenvalue weighted by Gasteiger charge is 2.32. The minimum absolute atomic E-state index is 0.621. The molecule has 0 aliphatic carbocycles. The van der Waals surface area contributed by atoms with Gasteiger partial charge in [0.15, 0.2) is 6.10 Å². The van der Waals surface area contributed by atoms with Crippen molar-refractivity contribution in [1.29, 1.82) is 0 Å². The maximum absolute atomic E-state index is 12.6. The van der Waals surface area contributed by atoms with Crippen LogP contribution >= 0.6 is 0 Å². The summed E-state index contributed by atoms with van der Waals surface area (Å²) in [6, 6.07) is 14.2. The van der Waals surface area contributed by atoms with E-state index < -0.39 is 23.2 Å². The van der Waals surface area contributed by atoms with Gasteiger partial charge in [-0.15, -0.1) is 0 Å². The van der Waals surface area contributed by atoms with Crippen molar-refractivity contribution >= 4 is 16.7 Å². The Morgan fingerprint density at radius 1 is 1.11 bits per heavy atom. The number of rotatable bonds is 4. The number of nitrogens with two attached hydrogens (primary N) is 1. The van der Waals surface area contributed by atoms with Crippen molar-refractivity contribution in [3.8, 4) is 28.7 Å². The first kappa shape index (κ1) is 25.8. The predicted octanol–water partition coefficient (Wildman–Crippen LogP) is 6.17. The van der Waals surface area contributed by atoms with Crippen LogP contribution in [0, 0.1) is 18.8 Å². The molecule has 0 radical (unpaired) electrons. The topological polar surface area (TPSA) is 81.8 Å². The van der Waals surface area contributed by atoms with Gasteiger partial charge in [0.2, 0.25) is 0 Å². The predicted molar refractivity (Wildman–Crippen MR) is 144 cm³/mol. The molecule has 3 aromatic rings. The Morgan fingerprint density at radius 2 is 1.86 bits per heavy atom. The quantitative estimate of drug-likeness (QED) is 0.432. The second-order valence-corrected chi connectivity index (χ2v) is 11.1. The van der Waals surface area contributed by atoms with Gasteiger partial charge in [-0.05, 0) is 112 Å². The Bertz CT molecular complexity index is 1380. The molecule has 5 heteroatoms. The van der Waals surface area contributed by atoms with Crippen molar-refractivity contribution in [3.05, 3.63) is 64.7 Å². The van der Waals surface area contributed by atoms with Crippen molar-refractivity contribution in [2.75, 3.05) is 6.61 Å². The lowest BCUT2D eigenvalue weighted by Gasteiger charge is -2.29. The molecule has 4 rings (SSSR count). The number of aryl methyl sites for hydroxylation is 2. The molecule has 1 atom stereocenters. The van der Waals surface area contributed by atoms with Gasteiger partial charge in [-0.3, -0.25) is 0 Å². The highest BCUT2D eigenvalue weighted by Crippen LogP contribution is 2.42. The van der Waals surface area contributed by atoms with Crippen LogP contribution in [0.2, 0.25) is 0 Å². The van der Waals surface area contributed by atoms with E-state index in [4.69, 9.17) is 15.2 Å². The van der Waals surface area contributed by atoms with Crippen molar-refractivity contribution in [3.63, 3.8) is 0 Å². The van der Waals surface area contributed by atoms with Crippen molar-refractivity contribution in [1.82, 2.24) is 0 Å². The van der Waals surface area contributed by atoms with Crippen LogP contribution < -0.4 is 10.5 Å². The monoisotopic (exact) mass is 485 g/mol. The Balaban J connectivity index is 2.05. The summed E-state index contributed by atoms with van der Waals surface area (Å²) in [5.41, 5.74) is 10.1. The van der Waals surface area contributed by atoms with Gasteiger partial charge in [-0.1, -0.05) is 30.0 Å². The summed E-state index contributed by atoms with van der Waals surface area (Å²) < 4.78 is 12.0. The van der Waals surface area contributed by atoms with Gasteiger partial charge in [0.1, 0.15) is 5.75 Å². The molecular formula is C31H35NO4. The molecule has 0 amide bonds. The first-order valence-electron chi connectivity index (χ1n) is 12.4. The van der Waals surface area contributed by atoms with Gasteiger partial charge >= 0.3 is 5.97 Å². The zero-order chi connectivity index (χ0) is 26.3. The Hall–Kier alpha value is -3.33. The third-order valence-corrected chi connectivity index (χ3v) is 6.07. The number of fused-ring (bicyclic) bond motifs is 2. The highest BCUT2D eigenvalue weighted by atomic mass is 16.5. The van der Waals surface area contributed by atoms with Gasteiger partial charge in [0, 0.05) is 11.1 Å². The smallest absolute Gasteiger partial charge is 0.337 e. The van der Waals surface area contributed by atoms with Gasteiger partial charge < -0.3 is 20.3 Å². The molecule has 1 aliphatic rings. The van der Waals surface area contributed by atoms with E-state index in [1.54, 1.807) is 0 Å². The minimum Gasteiger partial charge on any atom is -0.493 e. The summed E-state index contributed by atoms with van der Waals surface area (Å²) in [6.07, 6.45) is 0.748. The SMILES string of the molecule is Cc1cc2ccc(C#CC(C)(C)N)cc2c(-c2ccc3c(c2)CCCO3)c1C(OC(C)(C)C)C(=O)O. The summed E-state index contributed by atoms with van der Waals surface area (Å²) in [6.45, 7) is 12.0. The van der Waals surface area contributed by atoms with E-state index >= 15 is 0 Å². The number of carboxylic acid groups (broad SMARTS) is 1. The fourth-order valence-electron chi connectivity index (χ4n) is 4.61. The molecule has 0 aromatic heterocycles. The molecule has 0 spiro atoms. The van der Waals surface area contributed by atoms with Gasteiger partial charge in [0.25, 0.3) is 0 Å². The van der Waals surface area contributed by atoms with Crippen molar-refractivity contribution < 1.29 is 19.4 Å². The standard InChI is InChI=1S/C31H35NO4/c1-19-16-21-10-9-20(13-14-31(5,6)32)17-24(21)27(26(19)28(29(33)34)36-30(2,3)4)23-11-12-25-22(18-23)8-7-15-35-25/h9-12,16-18,28H,7-8,15,32H2,1-6H3,(H,33,34). The summed E-state index contributed by atoms with van der Waals surface area (Å²) >= 11 is 0. The molecule has 36 heavy (non-hydrogen) atoms. The molecule has 3 aromatic carbocycles. The van der Waals surface area contributed by atoms with Crippen molar-refractivity contribution in [2.45, 2.75) is 71.6 Å². The van der Waals surface area contributed by atoms with Crippen LogP contribution in [0.5, 0.6) is 5.75 Å². The van der Waals surface area contributed by atoms with Crippen LogP contribution in [-0.2, 0) is 16.0 Å². The van der Waals surface area contributed by atoms with Gasteiger partial charge in [0.05, 0.1) is 17.7 Å². The van der Waals surface area contributed by atoms with Crippen LogP contribution in [0.4, 0.5) is 0 Å². The molecule has 1 unspecified atom stereocenters. The second-order valence-electron chi connectivity index (χ2n) is 11.1. The number of carboxylic acids is 1. The van der Waals surface area contributed by atoms with Gasteiger partial charge in [-0.2, -0.15) is 0 Å². The first-order chi connectivity index (χ1) is 16.8. The van der Waals surface area contributed by atoms with Crippen LogP contribution in [0.3, 0.4) is 0 Å². The first-order valence-corrected chi connectivity index (χ1v) is 12.4. The van der Waals surface area contributed by atoms with Crippen LogP contribution in [0.15, 0.2) is 42.5 Å². The minimum atomic E-state index is -1.13. The number of carbonyl (C=O) groups is 1. The summed E-state index contributed by atoms with van der Waals surface area (Å²) in [5, 5.41) is 12.2. The molecule has 0 saturated heterocycles. The normalized spacial score (nSPS) is 14.4. The number of hydrogen-bond acceptors (Lipinski definition) is 4. The molecular weight excluding hydrogens is 450 g/mol. The Labute approximate surface area is 213 Å². The second kappa shape index (κ2) is 9.61. The Morgan fingerprint density at radius 3 is 2.53 bits per heavy atom. The van der Waals surface area contributed by atoms with E-state index in [1.165, 1.54) is 0 Å². The molecule has 0 bridgehead atoms. The third kappa shape index (κ3) is 5.73. The van der Waals surface area contributed by atoms with E-state index in [-0.39, 0.29) is 0 Å². The highest BCUT2D eigenvalue weighted by molar-refractivity contribution is 6.01. The van der Waals surface area contributed by atoms with Crippen LogP contribution in [0.1, 0.15) is 69.4 Å². The summed E-state index contributed by atoms with van der Waals surface area (Å²) in [7, 11) is 0. The maximum Gasteiger partial charge on any atom is 0.337 e. The Kier molecular flexibility index (Phi) is 6.88. The van der Waals surface area contributed by atoms with Crippen LogP contribution in [0.25, 0.3) is 21.9 Å². The fourth-order valence-corrected chi connectivity index (χ4v) is 4.61. The molecule has 0 saturated carbocycles. The van der Waals surface area contributed by atoms with E-state index in [1.807, 2.05) is 77.9 Å². The lowest BCUT2D eigenvalue weighted by atomic mass is 9.85. The molecule has 188 valence electrons. The number of hydrogen-bond donors (Lipinski definition) is 2. The zero-order valence-electron chi connectivity index (χ0n) is 22.0. The van der Waals surface area contributed by atoms with Crippen molar-refractivity contribution in [2.24, 2.45) is 5.73 Å². The molecule has 1 aliphatic heterocycles. The lowest BCUT2D eigenvalue weighted by molar-refractivity contribution is -0.160. The third-order valence-electron chi connectivity index (χ3n) is 6.07. The molecule has 5 nitrogen and oxygen atoms in total. The number of benzene rings is 3. The van der Waals surface area contributed by atoms with Gasteiger partial charge in [-0.25, -0.2) is 4.79 Å². The summed E-state index contributed by atoms with van der Waals surface area (Å²) in [4.78, 5) is 12.6. The summed E-state index contributed by atoms with van der Waals surface area (Å²) in [5.74, 6) is 6.15. The maximum atomic E-state index is 12.6. The number of aliphatic carboxylic acids is 1. The lowest BCUT2D eigenvalue weighted by Crippen LogP contribution is -2.29. The van der Waals surface area contributed by atoms with Crippen LogP contribution in [-0.4, -0.2) is 28.8 Å². The van der Waals surface area contributed by atoms with E-state index in [0.29, 0.717) is 12.2 Å². The average molecular weight is 486 g/mol. The largest absolute Gasteiger partial charge is 0.493 e. The molecule has 1 heterocycles. The molecule has 0 fully saturated rings. The number of ether oxygens (including phenoxy) is 2. The fraction of sp³-hybridized carbons (Fsp3) is 0.387. The average Bonchev–Trinajstić information content (AvgIpc) is 2.79. The van der Waals surface area contributed by atoms with E-state index in [9.17, 15) is 9.90 Å². The van der Waals surface area contributed by atoms with E-state index in [2.05, 4.69) is 17.9 Å².